The molecule has 4 rings (SSSR count). The van der Waals surface area contributed by atoms with Gasteiger partial charge in [0.15, 0.2) is 5.17 Å². The van der Waals surface area contributed by atoms with Crippen molar-refractivity contribution in [1.82, 2.24) is 5.32 Å². The Morgan fingerprint density at radius 2 is 2.00 bits per heavy atom. The average molecular weight is 428 g/mol. The van der Waals surface area contributed by atoms with Gasteiger partial charge >= 0.3 is 0 Å². The van der Waals surface area contributed by atoms with Gasteiger partial charge in [-0.2, -0.15) is 0 Å². The monoisotopic (exact) mass is 427 g/mol. The predicted molar refractivity (Wildman–Crippen MR) is 121 cm³/mol. The van der Waals surface area contributed by atoms with E-state index in [1.807, 2.05) is 31.2 Å². The van der Waals surface area contributed by atoms with Crippen LogP contribution in [0.2, 0.25) is 5.02 Å². The first kappa shape index (κ1) is 20.0. The van der Waals surface area contributed by atoms with Crippen LogP contribution < -0.4 is 10.2 Å². The molecule has 2 aromatic rings. The third-order valence-corrected chi connectivity index (χ3v) is 6.30. The van der Waals surface area contributed by atoms with E-state index in [0.29, 0.717) is 15.1 Å². The molecule has 0 aromatic heterocycles. The number of aryl methyl sites for hydroxylation is 1. The molecule has 2 fully saturated rings. The van der Waals surface area contributed by atoms with Crippen molar-refractivity contribution in [2.24, 2.45) is 4.99 Å². The molecule has 0 atom stereocenters. The van der Waals surface area contributed by atoms with Gasteiger partial charge in [-0.25, -0.2) is 4.99 Å². The lowest BCUT2D eigenvalue weighted by Crippen LogP contribution is -2.36. The number of ether oxygens (including phenoxy) is 1. The average Bonchev–Trinajstić information content (AvgIpc) is 3.05. The molecule has 0 unspecified atom stereocenters. The molecule has 0 aliphatic carbocycles. The van der Waals surface area contributed by atoms with Crippen molar-refractivity contribution in [1.29, 1.82) is 0 Å². The van der Waals surface area contributed by atoms with E-state index in [-0.39, 0.29) is 5.91 Å². The number of benzene rings is 2. The molecule has 0 radical (unpaired) electrons. The summed E-state index contributed by atoms with van der Waals surface area (Å²) in [5, 5.41) is 4.06. The SMILES string of the molecule is Cc1cc(/C=C2/SC(=Nc3cccc(Cl)c3C)NC2=O)ccc1N1CCOCC1. The third kappa shape index (κ3) is 4.50. The molecule has 29 heavy (non-hydrogen) atoms. The van der Waals surface area contributed by atoms with Gasteiger partial charge in [-0.05, 0) is 72.6 Å². The summed E-state index contributed by atoms with van der Waals surface area (Å²) < 4.78 is 5.43. The van der Waals surface area contributed by atoms with E-state index < -0.39 is 0 Å². The zero-order valence-electron chi connectivity index (χ0n) is 16.4. The van der Waals surface area contributed by atoms with Crippen LogP contribution in [-0.2, 0) is 9.53 Å². The van der Waals surface area contributed by atoms with E-state index in [2.05, 4.69) is 40.3 Å². The molecule has 2 aliphatic heterocycles. The minimum Gasteiger partial charge on any atom is -0.378 e. The Hall–Kier alpha value is -2.28. The zero-order valence-corrected chi connectivity index (χ0v) is 17.9. The van der Waals surface area contributed by atoms with Gasteiger partial charge in [0, 0.05) is 23.8 Å². The van der Waals surface area contributed by atoms with Crippen molar-refractivity contribution >= 4 is 51.9 Å². The van der Waals surface area contributed by atoms with Crippen LogP contribution in [0.15, 0.2) is 46.3 Å². The molecular formula is C22H22ClN3O2S. The predicted octanol–water partition coefficient (Wildman–Crippen LogP) is 4.69. The molecule has 2 heterocycles. The molecule has 0 bridgehead atoms. The van der Waals surface area contributed by atoms with Crippen LogP contribution in [0, 0.1) is 13.8 Å². The van der Waals surface area contributed by atoms with Crippen LogP contribution >= 0.6 is 23.4 Å². The smallest absolute Gasteiger partial charge is 0.264 e. The fraction of sp³-hybridized carbons (Fsp3) is 0.273. The van der Waals surface area contributed by atoms with Crippen LogP contribution in [-0.4, -0.2) is 37.4 Å². The molecule has 0 spiro atoms. The highest BCUT2D eigenvalue weighted by Gasteiger charge is 2.24. The number of thioether (sulfide) groups is 1. The second kappa shape index (κ2) is 8.61. The van der Waals surface area contributed by atoms with Crippen LogP contribution in [0.5, 0.6) is 0 Å². The number of halogens is 1. The first-order valence-corrected chi connectivity index (χ1v) is 10.7. The van der Waals surface area contributed by atoms with E-state index in [1.54, 1.807) is 0 Å². The number of morpholine rings is 1. The second-order valence-electron chi connectivity index (χ2n) is 7.01. The third-order valence-electron chi connectivity index (χ3n) is 4.98. The zero-order chi connectivity index (χ0) is 20.4. The molecular weight excluding hydrogens is 406 g/mol. The van der Waals surface area contributed by atoms with E-state index in [4.69, 9.17) is 16.3 Å². The van der Waals surface area contributed by atoms with Crippen molar-refractivity contribution in [2.45, 2.75) is 13.8 Å². The van der Waals surface area contributed by atoms with Crippen LogP contribution in [0.1, 0.15) is 16.7 Å². The molecule has 1 amide bonds. The summed E-state index contributed by atoms with van der Waals surface area (Å²) in [6, 6.07) is 11.9. The number of carbonyl (C=O) groups excluding carboxylic acids is 1. The van der Waals surface area contributed by atoms with E-state index in [0.717, 1.165) is 43.1 Å². The molecule has 7 heteroatoms. The Balaban J connectivity index is 1.54. The van der Waals surface area contributed by atoms with Crippen LogP contribution in [0.3, 0.4) is 0 Å². The van der Waals surface area contributed by atoms with E-state index in [9.17, 15) is 4.79 Å². The number of hydrogen-bond donors (Lipinski definition) is 1. The highest BCUT2D eigenvalue weighted by molar-refractivity contribution is 8.18. The number of nitrogens with zero attached hydrogens (tertiary/aromatic N) is 2. The molecule has 2 aromatic carbocycles. The first-order valence-electron chi connectivity index (χ1n) is 9.49. The van der Waals surface area contributed by atoms with Crippen LogP contribution in [0.4, 0.5) is 11.4 Å². The van der Waals surface area contributed by atoms with Gasteiger partial charge < -0.3 is 15.0 Å². The Morgan fingerprint density at radius 3 is 2.76 bits per heavy atom. The maximum Gasteiger partial charge on any atom is 0.264 e. The van der Waals surface area contributed by atoms with E-state index in [1.165, 1.54) is 23.0 Å². The summed E-state index contributed by atoms with van der Waals surface area (Å²) in [6.45, 7) is 7.35. The van der Waals surface area contributed by atoms with Crippen molar-refractivity contribution in [3.05, 3.63) is 63.0 Å². The Kier molecular flexibility index (Phi) is 5.94. The number of carbonyl (C=O) groups is 1. The Labute approximate surface area is 179 Å². The summed E-state index contributed by atoms with van der Waals surface area (Å²) in [4.78, 5) is 19.9. The Morgan fingerprint density at radius 1 is 1.21 bits per heavy atom. The number of anilines is 1. The largest absolute Gasteiger partial charge is 0.378 e. The molecule has 2 aliphatic rings. The lowest BCUT2D eigenvalue weighted by atomic mass is 10.1. The van der Waals surface area contributed by atoms with Gasteiger partial charge in [0.1, 0.15) is 0 Å². The number of rotatable bonds is 3. The summed E-state index contributed by atoms with van der Waals surface area (Å²) in [5.41, 5.74) is 5.05. The van der Waals surface area contributed by atoms with Crippen molar-refractivity contribution in [3.8, 4) is 0 Å². The quantitative estimate of drug-likeness (QED) is 0.722. The normalized spacial score (nSPS) is 19.8. The van der Waals surface area contributed by atoms with E-state index >= 15 is 0 Å². The summed E-state index contributed by atoms with van der Waals surface area (Å²) >= 11 is 7.50. The lowest BCUT2D eigenvalue weighted by Gasteiger charge is -2.30. The standard InChI is InChI=1S/C22H22ClN3O2S/c1-14-12-16(6-7-19(14)26-8-10-28-11-9-26)13-20-21(27)25-22(29-20)24-18-5-3-4-17(23)15(18)2/h3-7,12-13H,8-11H2,1-2H3,(H,24,25,27)/b20-13+. The van der Waals surface area contributed by atoms with Gasteiger partial charge in [0.05, 0.1) is 23.8 Å². The molecule has 2 saturated heterocycles. The minimum atomic E-state index is -0.136. The summed E-state index contributed by atoms with van der Waals surface area (Å²) in [6.07, 6.45) is 1.91. The number of hydrogen-bond acceptors (Lipinski definition) is 5. The van der Waals surface area contributed by atoms with Crippen molar-refractivity contribution in [2.75, 3.05) is 31.2 Å². The van der Waals surface area contributed by atoms with Gasteiger partial charge in [0.2, 0.25) is 0 Å². The van der Waals surface area contributed by atoms with Crippen molar-refractivity contribution in [3.63, 3.8) is 0 Å². The van der Waals surface area contributed by atoms with Gasteiger partial charge in [-0.1, -0.05) is 23.7 Å². The maximum atomic E-state index is 12.4. The Bertz CT molecular complexity index is 1010. The number of amidine groups is 1. The maximum absolute atomic E-state index is 12.4. The molecule has 150 valence electrons. The topological polar surface area (TPSA) is 53.9 Å². The van der Waals surface area contributed by atoms with Gasteiger partial charge in [0.25, 0.3) is 5.91 Å². The summed E-state index contributed by atoms with van der Waals surface area (Å²) in [5.74, 6) is -0.136. The highest BCUT2D eigenvalue weighted by atomic mass is 35.5. The van der Waals surface area contributed by atoms with Gasteiger partial charge in [-0.3, -0.25) is 4.79 Å². The molecule has 5 nitrogen and oxygen atoms in total. The lowest BCUT2D eigenvalue weighted by molar-refractivity contribution is -0.115. The molecule has 0 saturated carbocycles. The number of aliphatic imine (C=N–C) groups is 1. The van der Waals surface area contributed by atoms with Crippen molar-refractivity contribution < 1.29 is 9.53 Å². The number of amides is 1. The van der Waals surface area contributed by atoms with Gasteiger partial charge in [-0.15, -0.1) is 0 Å². The second-order valence-corrected chi connectivity index (χ2v) is 8.45. The highest BCUT2D eigenvalue weighted by Crippen LogP contribution is 2.32. The number of nitrogens with one attached hydrogen (secondary N) is 1. The minimum absolute atomic E-state index is 0.136. The van der Waals surface area contributed by atoms with Crippen LogP contribution in [0.25, 0.3) is 6.08 Å². The summed E-state index contributed by atoms with van der Waals surface area (Å²) in [7, 11) is 0. The first-order chi connectivity index (χ1) is 14.0. The fourth-order valence-corrected chi connectivity index (χ4v) is 4.39. The fourth-order valence-electron chi connectivity index (χ4n) is 3.39. The molecule has 1 N–H and O–H groups in total.